The summed E-state index contributed by atoms with van der Waals surface area (Å²) in [4.78, 5) is 16.4. The molecule has 0 radical (unpaired) electrons. The van der Waals surface area contributed by atoms with E-state index in [0.29, 0.717) is 24.8 Å². The quantitative estimate of drug-likeness (QED) is 0.900. The number of nitrogens with zero attached hydrogens (tertiary/aromatic N) is 1. The number of nitrogens with one attached hydrogen (secondary N) is 1. The molecule has 1 aromatic carbocycles. The lowest BCUT2D eigenvalue weighted by molar-refractivity contribution is -0.187. The van der Waals surface area contributed by atoms with Gasteiger partial charge in [-0.25, -0.2) is 4.98 Å². The van der Waals surface area contributed by atoms with Crippen LogP contribution in [0.3, 0.4) is 0 Å². The van der Waals surface area contributed by atoms with Crippen LogP contribution in [-0.4, -0.2) is 23.1 Å². The first-order chi connectivity index (χ1) is 10.4. The van der Waals surface area contributed by atoms with E-state index in [2.05, 4.69) is 10.3 Å². The molecule has 1 saturated carbocycles. The number of amides is 1. The molecule has 0 bridgehead atoms. The largest absolute Gasteiger partial charge is 0.393 e. The van der Waals surface area contributed by atoms with E-state index in [1.807, 2.05) is 0 Å². The number of alkyl halides is 3. The van der Waals surface area contributed by atoms with Gasteiger partial charge in [0.1, 0.15) is 0 Å². The molecule has 7 heteroatoms. The van der Waals surface area contributed by atoms with Crippen molar-refractivity contribution >= 4 is 27.5 Å². The fraction of sp³-hybridized carbons (Fsp3) is 0.467. The molecule has 1 aliphatic carbocycles. The summed E-state index contributed by atoms with van der Waals surface area (Å²) in [6, 6.07) is 4.15. The molecule has 1 N–H and O–H groups in total. The van der Waals surface area contributed by atoms with Gasteiger partial charge in [-0.05, 0) is 31.0 Å². The summed E-state index contributed by atoms with van der Waals surface area (Å²) in [5, 5.41) is 2.57. The maximum Gasteiger partial charge on any atom is 0.393 e. The molecular formula is C15H15F3N2OS. The summed E-state index contributed by atoms with van der Waals surface area (Å²) >= 11 is 1.40. The molecule has 1 aromatic heterocycles. The van der Waals surface area contributed by atoms with Crippen molar-refractivity contribution in [2.24, 2.45) is 5.92 Å². The van der Waals surface area contributed by atoms with Crippen LogP contribution in [-0.2, 0) is 0 Å². The summed E-state index contributed by atoms with van der Waals surface area (Å²) < 4.78 is 40.0. The topological polar surface area (TPSA) is 42.0 Å². The van der Waals surface area contributed by atoms with Gasteiger partial charge < -0.3 is 5.32 Å². The third kappa shape index (κ3) is 3.09. The van der Waals surface area contributed by atoms with Crippen molar-refractivity contribution in [1.82, 2.24) is 10.3 Å². The van der Waals surface area contributed by atoms with Gasteiger partial charge in [0.15, 0.2) is 0 Å². The Morgan fingerprint density at radius 1 is 1.27 bits per heavy atom. The van der Waals surface area contributed by atoms with Crippen LogP contribution in [0, 0.1) is 5.92 Å². The van der Waals surface area contributed by atoms with E-state index in [1.165, 1.54) is 11.3 Å². The molecule has 1 fully saturated rings. The highest BCUT2D eigenvalue weighted by atomic mass is 32.1. The van der Waals surface area contributed by atoms with Crippen molar-refractivity contribution in [1.29, 1.82) is 0 Å². The van der Waals surface area contributed by atoms with E-state index in [1.54, 1.807) is 23.7 Å². The Labute approximate surface area is 129 Å². The van der Waals surface area contributed by atoms with Crippen LogP contribution in [0.5, 0.6) is 0 Å². The molecule has 2 atom stereocenters. The summed E-state index contributed by atoms with van der Waals surface area (Å²) in [6.07, 6.45) is -2.53. The fourth-order valence-corrected chi connectivity index (χ4v) is 3.66. The molecule has 1 heterocycles. The number of hydrogen-bond acceptors (Lipinski definition) is 3. The van der Waals surface area contributed by atoms with Gasteiger partial charge in [-0.2, -0.15) is 13.2 Å². The van der Waals surface area contributed by atoms with E-state index < -0.39 is 24.0 Å². The van der Waals surface area contributed by atoms with Gasteiger partial charge in [-0.1, -0.05) is 12.8 Å². The summed E-state index contributed by atoms with van der Waals surface area (Å²) in [6.45, 7) is 0. The highest BCUT2D eigenvalue weighted by molar-refractivity contribution is 7.16. The number of benzene rings is 1. The highest BCUT2D eigenvalue weighted by Gasteiger charge is 2.45. The van der Waals surface area contributed by atoms with Crippen LogP contribution in [0.2, 0.25) is 0 Å². The van der Waals surface area contributed by atoms with Crippen molar-refractivity contribution in [3.63, 3.8) is 0 Å². The number of hydrogen-bond donors (Lipinski definition) is 1. The van der Waals surface area contributed by atoms with E-state index in [0.717, 1.165) is 10.2 Å². The van der Waals surface area contributed by atoms with Gasteiger partial charge in [-0.3, -0.25) is 4.79 Å². The summed E-state index contributed by atoms with van der Waals surface area (Å²) in [5.74, 6) is -1.89. The molecule has 22 heavy (non-hydrogen) atoms. The highest BCUT2D eigenvalue weighted by Crippen LogP contribution is 2.37. The molecule has 0 spiro atoms. The first-order valence-corrected chi connectivity index (χ1v) is 8.04. The van der Waals surface area contributed by atoms with Crippen LogP contribution in [0.4, 0.5) is 13.2 Å². The number of fused-ring (bicyclic) bond motifs is 1. The minimum absolute atomic E-state index is 0.0856. The molecule has 118 valence electrons. The van der Waals surface area contributed by atoms with Gasteiger partial charge in [0.25, 0.3) is 5.91 Å². The smallest absolute Gasteiger partial charge is 0.349 e. The maximum absolute atomic E-state index is 13.1. The minimum Gasteiger partial charge on any atom is -0.349 e. The second kappa shape index (κ2) is 5.87. The Kier molecular flexibility index (Phi) is 4.08. The molecule has 0 unspecified atom stereocenters. The second-order valence-corrected chi connectivity index (χ2v) is 6.43. The maximum atomic E-state index is 13.1. The molecule has 1 amide bonds. The third-order valence-corrected chi connectivity index (χ3v) is 4.89. The second-order valence-electron chi connectivity index (χ2n) is 5.55. The van der Waals surface area contributed by atoms with E-state index in [9.17, 15) is 18.0 Å². The van der Waals surface area contributed by atoms with Gasteiger partial charge in [-0.15, -0.1) is 11.3 Å². The summed E-state index contributed by atoms with van der Waals surface area (Å²) in [5.41, 5.74) is 2.84. The Bertz CT molecular complexity index is 683. The number of rotatable bonds is 2. The predicted molar refractivity (Wildman–Crippen MR) is 78.9 cm³/mol. The molecule has 1 aliphatic rings. The van der Waals surface area contributed by atoms with Gasteiger partial charge in [0.05, 0.1) is 21.6 Å². The van der Waals surface area contributed by atoms with Crippen molar-refractivity contribution in [3.05, 3.63) is 29.3 Å². The number of aromatic nitrogens is 1. The first-order valence-electron chi connectivity index (χ1n) is 7.16. The Hall–Kier alpha value is -1.63. The van der Waals surface area contributed by atoms with E-state index >= 15 is 0 Å². The molecule has 3 nitrogen and oxygen atoms in total. The van der Waals surface area contributed by atoms with Crippen molar-refractivity contribution < 1.29 is 18.0 Å². The molecular weight excluding hydrogens is 313 g/mol. The lowest BCUT2D eigenvalue weighted by Crippen LogP contribution is -2.47. The van der Waals surface area contributed by atoms with E-state index in [-0.39, 0.29) is 6.42 Å². The average Bonchev–Trinajstić information content (AvgIpc) is 2.94. The number of halogens is 3. The third-order valence-electron chi connectivity index (χ3n) is 4.10. The van der Waals surface area contributed by atoms with Crippen molar-refractivity contribution in [2.75, 3.05) is 0 Å². The zero-order valence-electron chi connectivity index (χ0n) is 11.7. The normalized spacial score (nSPS) is 22.7. The lowest BCUT2D eigenvalue weighted by atomic mass is 9.84. The Morgan fingerprint density at radius 3 is 2.82 bits per heavy atom. The minimum atomic E-state index is -4.26. The van der Waals surface area contributed by atoms with Crippen LogP contribution >= 0.6 is 11.3 Å². The number of carbonyl (C=O) groups excluding carboxylic acids is 1. The number of thiazole rings is 1. The molecule has 3 rings (SSSR count). The van der Waals surface area contributed by atoms with E-state index in [4.69, 9.17) is 0 Å². The first kappa shape index (κ1) is 15.3. The van der Waals surface area contributed by atoms with Crippen molar-refractivity contribution in [2.45, 2.75) is 37.9 Å². The molecule has 0 saturated heterocycles. The Balaban J connectivity index is 1.77. The fourth-order valence-electron chi connectivity index (χ4n) is 2.94. The average molecular weight is 328 g/mol. The van der Waals surface area contributed by atoms with Crippen LogP contribution in [0.15, 0.2) is 23.7 Å². The van der Waals surface area contributed by atoms with Crippen LogP contribution in [0.25, 0.3) is 10.2 Å². The van der Waals surface area contributed by atoms with Gasteiger partial charge >= 0.3 is 6.18 Å². The zero-order valence-corrected chi connectivity index (χ0v) is 12.5. The summed E-state index contributed by atoms with van der Waals surface area (Å²) in [7, 11) is 0. The van der Waals surface area contributed by atoms with Crippen LogP contribution < -0.4 is 5.32 Å². The van der Waals surface area contributed by atoms with Gasteiger partial charge in [0, 0.05) is 11.6 Å². The predicted octanol–water partition coefficient (Wildman–Crippen LogP) is 4.15. The standard InChI is InChI=1S/C15H15F3N2OS/c16-15(17,18)10-3-1-2-4-11(10)20-14(21)9-5-6-12-13(7-9)22-8-19-12/h5-8,10-11H,1-4H2,(H,20,21)/t10-,11+/m0/s1. The zero-order chi connectivity index (χ0) is 15.7. The van der Waals surface area contributed by atoms with Crippen molar-refractivity contribution in [3.8, 4) is 0 Å². The SMILES string of the molecule is O=C(N[C@@H]1CCCC[C@@H]1C(F)(F)F)c1ccc2ncsc2c1. The number of carbonyl (C=O) groups is 1. The Morgan fingerprint density at radius 2 is 2.05 bits per heavy atom. The van der Waals surface area contributed by atoms with Crippen LogP contribution in [0.1, 0.15) is 36.0 Å². The lowest BCUT2D eigenvalue weighted by Gasteiger charge is -2.33. The molecule has 2 aromatic rings. The molecule has 0 aliphatic heterocycles. The van der Waals surface area contributed by atoms with Gasteiger partial charge in [0.2, 0.25) is 0 Å². The monoisotopic (exact) mass is 328 g/mol.